The van der Waals surface area contributed by atoms with E-state index in [9.17, 15) is 14.7 Å². The van der Waals surface area contributed by atoms with Crippen molar-refractivity contribution in [1.82, 2.24) is 4.98 Å². The summed E-state index contributed by atoms with van der Waals surface area (Å²) in [5, 5.41) is 21.2. The Balaban J connectivity index is 2.33. The second-order valence-corrected chi connectivity index (χ2v) is 4.26. The van der Waals surface area contributed by atoms with Crippen LogP contribution in [0.1, 0.15) is 20.7 Å². The number of carboxylic acids is 1. The molecule has 0 aliphatic carbocycles. The number of nitrogens with one attached hydrogen (secondary N) is 1. The monoisotopic (exact) mass is 292 g/mol. The molecule has 2 aromatic rings. The fourth-order valence-electron chi connectivity index (χ4n) is 1.54. The molecule has 0 radical (unpaired) electrons. The number of rotatable bonds is 3. The van der Waals surface area contributed by atoms with Gasteiger partial charge in [0.15, 0.2) is 0 Å². The highest BCUT2D eigenvalue weighted by Crippen LogP contribution is 2.23. The number of aromatic hydroxyl groups is 1. The number of aromatic nitrogens is 1. The molecule has 1 aromatic heterocycles. The van der Waals surface area contributed by atoms with Crippen molar-refractivity contribution in [1.29, 1.82) is 0 Å². The van der Waals surface area contributed by atoms with Crippen LogP contribution in [0.25, 0.3) is 0 Å². The number of phenolic OH excluding ortho intramolecular Hbond substituents is 1. The third-order valence-electron chi connectivity index (χ3n) is 2.47. The van der Waals surface area contributed by atoms with Crippen LogP contribution in [0.15, 0.2) is 36.5 Å². The number of halogens is 1. The van der Waals surface area contributed by atoms with Gasteiger partial charge in [0.1, 0.15) is 17.1 Å². The summed E-state index contributed by atoms with van der Waals surface area (Å²) in [7, 11) is 0. The van der Waals surface area contributed by atoms with Crippen LogP contribution in [-0.4, -0.2) is 27.1 Å². The minimum atomic E-state index is -1.22. The number of pyridine rings is 1. The van der Waals surface area contributed by atoms with E-state index in [1.54, 1.807) is 0 Å². The lowest BCUT2D eigenvalue weighted by molar-refractivity contribution is 0.0697. The second kappa shape index (κ2) is 5.58. The van der Waals surface area contributed by atoms with E-state index in [1.165, 1.54) is 36.5 Å². The van der Waals surface area contributed by atoms with Gasteiger partial charge in [0.2, 0.25) is 0 Å². The van der Waals surface area contributed by atoms with Gasteiger partial charge in [-0.1, -0.05) is 11.6 Å². The van der Waals surface area contributed by atoms with E-state index in [0.29, 0.717) is 0 Å². The topological polar surface area (TPSA) is 99.5 Å². The fourth-order valence-corrected chi connectivity index (χ4v) is 1.71. The Labute approximate surface area is 118 Å². The molecule has 1 amide bonds. The molecule has 0 aliphatic heterocycles. The van der Waals surface area contributed by atoms with Crippen molar-refractivity contribution in [2.75, 3.05) is 5.32 Å². The summed E-state index contributed by atoms with van der Waals surface area (Å²) in [6, 6.07) is 6.72. The summed E-state index contributed by atoms with van der Waals surface area (Å²) < 4.78 is 0. The Bertz CT molecular complexity index is 688. The lowest BCUT2D eigenvalue weighted by Gasteiger charge is -2.08. The molecule has 3 N–H and O–H groups in total. The smallest absolute Gasteiger partial charge is 0.339 e. The SMILES string of the molecule is O=C(Nc1ncccc1C(=O)O)c1cc(Cl)ccc1O. The summed E-state index contributed by atoms with van der Waals surface area (Å²) in [6.45, 7) is 0. The first-order valence-electron chi connectivity index (χ1n) is 5.47. The van der Waals surface area contributed by atoms with E-state index in [0.717, 1.165) is 0 Å². The van der Waals surface area contributed by atoms with Crippen LogP contribution in [0.5, 0.6) is 5.75 Å². The minimum absolute atomic E-state index is 0.0699. The van der Waals surface area contributed by atoms with Gasteiger partial charge in [-0.3, -0.25) is 4.79 Å². The first-order chi connectivity index (χ1) is 9.49. The van der Waals surface area contributed by atoms with E-state index >= 15 is 0 Å². The maximum atomic E-state index is 12.0. The van der Waals surface area contributed by atoms with Crippen LogP contribution >= 0.6 is 11.6 Å². The maximum absolute atomic E-state index is 12.0. The number of hydrogen-bond acceptors (Lipinski definition) is 4. The van der Waals surface area contributed by atoms with Gasteiger partial charge >= 0.3 is 5.97 Å². The van der Waals surface area contributed by atoms with Crippen LogP contribution in [0.3, 0.4) is 0 Å². The van der Waals surface area contributed by atoms with Gasteiger partial charge < -0.3 is 15.5 Å². The summed E-state index contributed by atoms with van der Waals surface area (Å²) >= 11 is 5.74. The normalized spacial score (nSPS) is 10.1. The zero-order valence-corrected chi connectivity index (χ0v) is 10.8. The molecule has 102 valence electrons. The largest absolute Gasteiger partial charge is 0.507 e. The Morgan fingerprint density at radius 3 is 2.65 bits per heavy atom. The number of benzene rings is 1. The van der Waals surface area contributed by atoms with E-state index in [-0.39, 0.29) is 27.7 Å². The molecule has 2 rings (SSSR count). The molecule has 1 aromatic carbocycles. The van der Waals surface area contributed by atoms with Gasteiger partial charge in [-0.25, -0.2) is 9.78 Å². The molecule has 0 bridgehead atoms. The van der Waals surface area contributed by atoms with Crippen molar-refractivity contribution in [3.05, 3.63) is 52.7 Å². The predicted molar refractivity (Wildman–Crippen MR) is 72.3 cm³/mol. The number of carboxylic acid groups (broad SMARTS) is 1. The zero-order valence-electron chi connectivity index (χ0n) is 10.0. The average Bonchev–Trinajstić information content (AvgIpc) is 2.41. The molecular weight excluding hydrogens is 284 g/mol. The number of nitrogens with zero attached hydrogens (tertiary/aromatic N) is 1. The lowest BCUT2D eigenvalue weighted by atomic mass is 10.2. The molecule has 20 heavy (non-hydrogen) atoms. The highest BCUT2D eigenvalue weighted by Gasteiger charge is 2.16. The predicted octanol–water partition coefficient (Wildman–Crippen LogP) is 2.39. The molecule has 0 saturated heterocycles. The zero-order chi connectivity index (χ0) is 14.7. The van der Waals surface area contributed by atoms with Gasteiger partial charge in [-0.15, -0.1) is 0 Å². The molecule has 6 nitrogen and oxygen atoms in total. The van der Waals surface area contributed by atoms with Crippen LogP contribution in [-0.2, 0) is 0 Å². The van der Waals surface area contributed by atoms with Crippen molar-refractivity contribution >= 4 is 29.3 Å². The lowest BCUT2D eigenvalue weighted by Crippen LogP contribution is -2.16. The van der Waals surface area contributed by atoms with Gasteiger partial charge in [0.05, 0.1) is 5.56 Å². The van der Waals surface area contributed by atoms with Crippen LogP contribution in [0.2, 0.25) is 5.02 Å². The van der Waals surface area contributed by atoms with E-state index < -0.39 is 11.9 Å². The summed E-state index contributed by atoms with van der Waals surface area (Å²) in [5.74, 6) is -2.29. The molecule has 0 unspecified atom stereocenters. The van der Waals surface area contributed by atoms with E-state index in [1.807, 2.05) is 0 Å². The van der Waals surface area contributed by atoms with Crippen molar-refractivity contribution in [2.45, 2.75) is 0 Å². The first kappa shape index (κ1) is 13.8. The van der Waals surface area contributed by atoms with Crippen LogP contribution < -0.4 is 5.32 Å². The number of aromatic carboxylic acids is 1. The number of amides is 1. The summed E-state index contributed by atoms with van der Waals surface area (Å²) in [4.78, 5) is 26.8. The molecule has 1 heterocycles. The van der Waals surface area contributed by atoms with Crippen molar-refractivity contribution < 1.29 is 19.8 Å². The molecule has 0 spiro atoms. The number of carbonyl (C=O) groups is 2. The van der Waals surface area contributed by atoms with E-state index in [4.69, 9.17) is 16.7 Å². The van der Waals surface area contributed by atoms with Gasteiger partial charge in [-0.2, -0.15) is 0 Å². The standard InChI is InChI=1S/C13H9ClN2O4/c14-7-3-4-10(17)9(6-7)12(18)16-11-8(13(19)20)2-1-5-15-11/h1-6,17H,(H,19,20)(H,15,16,18). The number of phenols is 1. The Kier molecular flexibility index (Phi) is 3.86. The third-order valence-corrected chi connectivity index (χ3v) is 2.71. The minimum Gasteiger partial charge on any atom is -0.507 e. The molecular formula is C13H9ClN2O4. The quantitative estimate of drug-likeness (QED) is 0.806. The average molecular weight is 293 g/mol. The molecule has 7 heteroatoms. The Morgan fingerprint density at radius 2 is 1.95 bits per heavy atom. The highest BCUT2D eigenvalue weighted by atomic mass is 35.5. The summed E-state index contributed by atoms with van der Waals surface area (Å²) in [5.41, 5.74) is -0.221. The number of anilines is 1. The molecule has 0 fully saturated rings. The maximum Gasteiger partial charge on any atom is 0.339 e. The van der Waals surface area contributed by atoms with Crippen LogP contribution in [0, 0.1) is 0 Å². The third kappa shape index (κ3) is 2.86. The van der Waals surface area contributed by atoms with Gasteiger partial charge in [0, 0.05) is 11.2 Å². The van der Waals surface area contributed by atoms with Crippen molar-refractivity contribution in [2.24, 2.45) is 0 Å². The Morgan fingerprint density at radius 1 is 1.20 bits per heavy atom. The van der Waals surface area contributed by atoms with Crippen molar-refractivity contribution in [3.63, 3.8) is 0 Å². The van der Waals surface area contributed by atoms with Gasteiger partial charge in [0.25, 0.3) is 5.91 Å². The first-order valence-corrected chi connectivity index (χ1v) is 5.85. The van der Waals surface area contributed by atoms with Crippen molar-refractivity contribution in [3.8, 4) is 5.75 Å². The van der Waals surface area contributed by atoms with Crippen LogP contribution in [0.4, 0.5) is 5.82 Å². The number of hydrogen-bond donors (Lipinski definition) is 3. The highest BCUT2D eigenvalue weighted by molar-refractivity contribution is 6.31. The second-order valence-electron chi connectivity index (χ2n) is 3.82. The molecule has 0 aliphatic rings. The van der Waals surface area contributed by atoms with Gasteiger partial charge in [-0.05, 0) is 30.3 Å². The molecule has 0 atom stereocenters. The summed E-state index contributed by atoms with van der Waals surface area (Å²) in [6.07, 6.45) is 1.35. The fraction of sp³-hybridized carbons (Fsp3) is 0. The number of carbonyl (C=O) groups excluding carboxylic acids is 1. The Hall–Kier alpha value is -2.60. The van der Waals surface area contributed by atoms with E-state index in [2.05, 4.69) is 10.3 Å². The molecule has 0 saturated carbocycles.